The van der Waals surface area contributed by atoms with Gasteiger partial charge in [-0.3, -0.25) is 9.78 Å². The van der Waals surface area contributed by atoms with Crippen molar-refractivity contribution in [2.45, 2.75) is 32.2 Å². The van der Waals surface area contributed by atoms with E-state index < -0.39 is 0 Å². The van der Waals surface area contributed by atoms with E-state index in [1.807, 2.05) is 35.2 Å². The van der Waals surface area contributed by atoms with Crippen LogP contribution in [-0.4, -0.2) is 40.4 Å². The molecular weight excluding hydrogens is 338 g/mol. The Hall–Kier alpha value is -2.94. The largest absolute Gasteiger partial charge is 0.356 e. The molecule has 2 aromatic heterocycles. The van der Waals surface area contributed by atoms with Crippen LogP contribution in [0, 0.1) is 16.7 Å². The number of rotatable bonds is 3. The van der Waals surface area contributed by atoms with Crippen LogP contribution in [0.3, 0.4) is 0 Å². The normalized spacial score (nSPS) is 22.7. The first kappa shape index (κ1) is 17.5. The van der Waals surface area contributed by atoms with E-state index in [-0.39, 0.29) is 11.3 Å². The number of likely N-dealkylation sites (tertiary alicyclic amines) is 1. The predicted molar refractivity (Wildman–Crippen MR) is 102 cm³/mol. The molecule has 6 heteroatoms. The number of hydrogen-bond acceptors (Lipinski definition) is 5. The maximum absolute atomic E-state index is 12.5. The van der Waals surface area contributed by atoms with E-state index >= 15 is 0 Å². The fourth-order valence-electron chi connectivity index (χ4n) is 4.33. The average Bonchev–Trinajstić information content (AvgIpc) is 2.72. The highest BCUT2D eigenvalue weighted by Gasteiger charge is 2.42. The summed E-state index contributed by atoms with van der Waals surface area (Å²) >= 11 is 0. The molecule has 4 heterocycles. The van der Waals surface area contributed by atoms with Crippen LogP contribution in [0.15, 0.2) is 42.6 Å². The van der Waals surface area contributed by atoms with Crippen LogP contribution in [-0.2, 0) is 11.3 Å². The van der Waals surface area contributed by atoms with Crippen LogP contribution in [0.5, 0.6) is 0 Å². The molecule has 0 N–H and O–H groups in total. The van der Waals surface area contributed by atoms with Crippen LogP contribution < -0.4 is 4.90 Å². The zero-order chi connectivity index (χ0) is 18.7. The minimum Gasteiger partial charge on any atom is -0.356 e. The van der Waals surface area contributed by atoms with Crippen molar-refractivity contribution in [1.29, 1.82) is 5.26 Å². The summed E-state index contributed by atoms with van der Waals surface area (Å²) in [5.41, 5.74) is 1.47. The number of amides is 1. The molecule has 2 aliphatic heterocycles. The van der Waals surface area contributed by atoms with Crippen LogP contribution >= 0.6 is 0 Å². The lowest BCUT2D eigenvalue weighted by atomic mass is 9.73. The number of nitrogens with zero attached hydrogens (tertiary/aromatic N) is 5. The molecule has 1 unspecified atom stereocenters. The molecule has 0 aromatic carbocycles. The molecule has 0 bridgehead atoms. The Morgan fingerprint density at radius 3 is 2.89 bits per heavy atom. The highest BCUT2D eigenvalue weighted by molar-refractivity contribution is 5.77. The minimum atomic E-state index is 0.0886. The molecule has 27 heavy (non-hydrogen) atoms. The number of nitriles is 1. The van der Waals surface area contributed by atoms with Gasteiger partial charge in [-0.15, -0.1) is 0 Å². The minimum absolute atomic E-state index is 0.0886. The average molecular weight is 361 g/mol. The Kier molecular flexibility index (Phi) is 4.76. The zero-order valence-corrected chi connectivity index (χ0v) is 15.3. The lowest BCUT2D eigenvalue weighted by Gasteiger charge is -2.48. The molecule has 1 spiro atoms. The zero-order valence-electron chi connectivity index (χ0n) is 15.3. The van der Waals surface area contributed by atoms with E-state index in [9.17, 15) is 4.79 Å². The number of anilines is 1. The third-order valence-corrected chi connectivity index (χ3v) is 5.66. The summed E-state index contributed by atoms with van der Waals surface area (Å²) in [6.45, 7) is 3.15. The van der Waals surface area contributed by atoms with E-state index in [1.165, 1.54) is 0 Å². The number of carbonyl (C=O) groups excluding carboxylic acids is 1. The van der Waals surface area contributed by atoms with Gasteiger partial charge in [0.15, 0.2) is 0 Å². The molecule has 4 rings (SSSR count). The van der Waals surface area contributed by atoms with E-state index in [0.29, 0.717) is 18.7 Å². The van der Waals surface area contributed by atoms with Gasteiger partial charge in [-0.2, -0.15) is 5.26 Å². The highest BCUT2D eigenvalue weighted by Crippen LogP contribution is 2.40. The molecule has 1 amide bonds. The molecule has 1 atom stereocenters. The Morgan fingerprint density at radius 1 is 1.15 bits per heavy atom. The second-order valence-corrected chi connectivity index (χ2v) is 7.59. The molecule has 2 fully saturated rings. The molecule has 2 aromatic rings. The van der Waals surface area contributed by atoms with Gasteiger partial charge < -0.3 is 9.80 Å². The van der Waals surface area contributed by atoms with Crippen molar-refractivity contribution in [3.05, 3.63) is 54.0 Å². The van der Waals surface area contributed by atoms with Crippen molar-refractivity contribution in [1.82, 2.24) is 14.9 Å². The highest BCUT2D eigenvalue weighted by atomic mass is 16.2. The maximum Gasteiger partial charge on any atom is 0.222 e. The summed E-state index contributed by atoms with van der Waals surface area (Å²) in [7, 11) is 0. The standard InChI is InChI=1S/C21H23N5O/c22-13-17-6-3-7-19(24-17)25-12-4-9-21(15-25)10-8-20(27)26(16-21)14-18-5-1-2-11-23-18/h1-3,5-7,11H,4,8-10,12,14-16H2. The Labute approximate surface area is 159 Å². The number of pyridine rings is 2. The lowest BCUT2D eigenvalue weighted by Crippen LogP contribution is -2.54. The molecular formula is C21H23N5O. The quantitative estimate of drug-likeness (QED) is 0.840. The number of hydrogen-bond donors (Lipinski definition) is 0. The molecule has 138 valence electrons. The maximum atomic E-state index is 12.5. The number of aromatic nitrogens is 2. The van der Waals surface area contributed by atoms with E-state index in [2.05, 4.69) is 20.9 Å². The first-order chi connectivity index (χ1) is 13.2. The first-order valence-electron chi connectivity index (χ1n) is 9.47. The van der Waals surface area contributed by atoms with Crippen molar-refractivity contribution in [2.24, 2.45) is 5.41 Å². The second-order valence-electron chi connectivity index (χ2n) is 7.59. The molecule has 6 nitrogen and oxygen atoms in total. The summed E-state index contributed by atoms with van der Waals surface area (Å²) in [4.78, 5) is 25.6. The van der Waals surface area contributed by atoms with Gasteiger partial charge in [-0.25, -0.2) is 4.98 Å². The second kappa shape index (κ2) is 7.36. The van der Waals surface area contributed by atoms with Crippen LogP contribution in [0.25, 0.3) is 0 Å². The van der Waals surface area contributed by atoms with Gasteiger partial charge in [0.1, 0.15) is 17.6 Å². The third-order valence-electron chi connectivity index (χ3n) is 5.66. The van der Waals surface area contributed by atoms with Crippen LogP contribution in [0.2, 0.25) is 0 Å². The van der Waals surface area contributed by atoms with E-state index in [0.717, 1.165) is 50.4 Å². The van der Waals surface area contributed by atoms with E-state index in [4.69, 9.17) is 5.26 Å². The van der Waals surface area contributed by atoms with Gasteiger partial charge in [0.2, 0.25) is 5.91 Å². The monoisotopic (exact) mass is 361 g/mol. The SMILES string of the molecule is N#Cc1cccc(N2CCCC3(CCC(=O)N(Cc4ccccn4)C3)C2)n1. The van der Waals surface area contributed by atoms with Crippen molar-refractivity contribution in [3.63, 3.8) is 0 Å². The van der Waals surface area contributed by atoms with Crippen molar-refractivity contribution in [3.8, 4) is 6.07 Å². The van der Waals surface area contributed by atoms with Gasteiger partial charge in [-0.05, 0) is 43.5 Å². The Balaban J connectivity index is 1.51. The van der Waals surface area contributed by atoms with Crippen molar-refractivity contribution in [2.75, 3.05) is 24.5 Å². The lowest BCUT2D eigenvalue weighted by molar-refractivity contribution is -0.138. The molecule has 0 saturated carbocycles. The number of piperidine rings is 2. The summed E-state index contributed by atoms with van der Waals surface area (Å²) in [5, 5.41) is 9.13. The van der Waals surface area contributed by atoms with Crippen molar-refractivity contribution >= 4 is 11.7 Å². The van der Waals surface area contributed by atoms with E-state index in [1.54, 1.807) is 12.3 Å². The predicted octanol–water partition coefficient (Wildman–Crippen LogP) is 2.76. The fraction of sp³-hybridized carbons (Fsp3) is 0.429. The smallest absolute Gasteiger partial charge is 0.222 e. The molecule has 2 aliphatic rings. The summed E-state index contributed by atoms with van der Waals surface area (Å²) < 4.78 is 0. The molecule has 0 radical (unpaired) electrons. The summed E-state index contributed by atoms with van der Waals surface area (Å²) in [6, 6.07) is 13.5. The number of carbonyl (C=O) groups is 1. The Morgan fingerprint density at radius 2 is 2.07 bits per heavy atom. The van der Waals surface area contributed by atoms with Crippen LogP contribution in [0.1, 0.15) is 37.1 Å². The van der Waals surface area contributed by atoms with Gasteiger partial charge in [0, 0.05) is 37.7 Å². The first-order valence-corrected chi connectivity index (χ1v) is 9.47. The van der Waals surface area contributed by atoms with Gasteiger partial charge in [0.05, 0.1) is 12.2 Å². The molecule has 2 saturated heterocycles. The molecule has 0 aliphatic carbocycles. The van der Waals surface area contributed by atoms with Gasteiger partial charge in [0.25, 0.3) is 0 Å². The Bertz CT molecular complexity index is 862. The summed E-state index contributed by atoms with van der Waals surface area (Å²) in [5.74, 6) is 1.08. The van der Waals surface area contributed by atoms with Crippen molar-refractivity contribution < 1.29 is 4.79 Å². The van der Waals surface area contributed by atoms with Crippen LogP contribution in [0.4, 0.5) is 5.82 Å². The topological polar surface area (TPSA) is 73.1 Å². The fourth-order valence-corrected chi connectivity index (χ4v) is 4.33. The van der Waals surface area contributed by atoms with Gasteiger partial charge >= 0.3 is 0 Å². The third kappa shape index (κ3) is 3.77. The summed E-state index contributed by atoms with van der Waals surface area (Å²) in [6.07, 6.45) is 5.47. The van der Waals surface area contributed by atoms with Gasteiger partial charge in [-0.1, -0.05) is 12.1 Å².